The zero-order valence-electron chi connectivity index (χ0n) is 18.8. The molecule has 3 aliphatic rings. The maximum Gasteiger partial charge on any atom is 0.335 e. The molecule has 0 aliphatic carbocycles. The first-order valence-electron chi connectivity index (χ1n) is 11.1. The summed E-state index contributed by atoms with van der Waals surface area (Å²) in [6.45, 7) is 14.1. The molecule has 3 saturated heterocycles. The summed E-state index contributed by atoms with van der Waals surface area (Å²) in [5.41, 5.74) is 1.75. The Bertz CT molecular complexity index is 951. The number of carbonyl (C=O) groups excluding carboxylic acids is 2. The van der Waals surface area contributed by atoms with Crippen LogP contribution < -0.4 is 0 Å². The van der Waals surface area contributed by atoms with Gasteiger partial charge in [-0.05, 0) is 37.1 Å². The number of piperidine rings is 3. The maximum absolute atomic E-state index is 13.5. The number of ether oxygens (including phenoxy) is 1. The highest BCUT2D eigenvalue weighted by atomic mass is 35.5. The van der Waals surface area contributed by atoms with Crippen LogP contribution in [0.5, 0.6) is 0 Å². The maximum atomic E-state index is 13.5. The second kappa shape index (κ2) is 10.1. The molecule has 1 aromatic rings. The van der Waals surface area contributed by atoms with Gasteiger partial charge in [0, 0.05) is 30.0 Å². The molecular weight excluding hydrogens is 431 g/mol. The van der Waals surface area contributed by atoms with E-state index in [1.807, 2.05) is 13.8 Å². The van der Waals surface area contributed by atoms with Gasteiger partial charge >= 0.3 is 5.97 Å². The van der Waals surface area contributed by atoms with Crippen LogP contribution in [-0.4, -0.2) is 60.3 Å². The molecule has 172 valence electrons. The third-order valence-electron chi connectivity index (χ3n) is 6.73. The van der Waals surface area contributed by atoms with Crippen molar-refractivity contribution in [3.63, 3.8) is 0 Å². The molecule has 2 unspecified atom stereocenters. The molecule has 3 heterocycles. The zero-order chi connectivity index (χ0) is 23.5. The van der Waals surface area contributed by atoms with Gasteiger partial charge in [0.25, 0.3) is 0 Å². The van der Waals surface area contributed by atoms with Crippen molar-refractivity contribution >= 4 is 29.1 Å². The van der Waals surface area contributed by atoms with Gasteiger partial charge in [0.1, 0.15) is 18.9 Å². The molecule has 4 rings (SSSR count). The Morgan fingerprint density at radius 2 is 2.06 bits per heavy atom. The summed E-state index contributed by atoms with van der Waals surface area (Å²) in [6.07, 6.45) is 3.77. The van der Waals surface area contributed by atoms with Crippen LogP contribution in [0.25, 0.3) is 0 Å². The lowest BCUT2D eigenvalue weighted by Crippen LogP contribution is -2.66. The van der Waals surface area contributed by atoms with Crippen molar-refractivity contribution in [3.8, 4) is 0 Å². The molecule has 0 N–H and O–H groups in total. The van der Waals surface area contributed by atoms with Crippen LogP contribution in [0.3, 0.4) is 0 Å². The van der Waals surface area contributed by atoms with E-state index in [2.05, 4.69) is 18.2 Å². The number of benzene rings is 1. The van der Waals surface area contributed by atoms with Crippen LogP contribution in [0.2, 0.25) is 5.02 Å². The number of halogens is 2. The van der Waals surface area contributed by atoms with Crippen molar-refractivity contribution < 1.29 is 23.2 Å². The van der Waals surface area contributed by atoms with E-state index >= 15 is 0 Å². The molecule has 7 heteroatoms. The third kappa shape index (κ3) is 5.36. The topological polar surface area (TPSA) is 55.7 Å². The molecule has 2 bridgehead atoms. The number of hydrogen-bond donors (Lipinski definition) is 0. The largest absolute Gasteiger partial charge is 0.454 e. The van der Waals surface area contributed by atoms with Crippen molar-refractivity contribution in [1.29, 1.82) is 0 Å². The van der Waals surface area contributed by atoms with E-state index < -0.39 is 17.8 Å². The van der Waals surface area contributed by atoms with Gasteiger partial charge in [0.2, 0.25) is 5.78 Å². The van der Waals surface area contributed by atoms with E-state index in [4.69, 9.17) is 16.3 Å². The summed E-state index contributed by atoms with van der Waals surface area (Å²) in [5.74, 6) is -0.768. The highest BCUT2D eigenvalue weighted by molar-refractivity contribution is 6.31. The van der Waals surface area contributed by atoms with E-state index in [1.54, 1.807) is 0 Å². The Labute approximate surface area is 194 Å². The predicted molar refractivity (Wildman–Crippen MR) is 125 cm³/mol. The molecule has 0 radical (unpaired) electrons. The van der Waals surface area contributed by atoms with Gasteiger partial charge < -0.3 is 9.22 Å². The van der Waals surface area contributed by atoms with Gasteiger partial charge in [-0.15, -0.1) is 0 Å². The van der Waals surface area contributed by atoms with E-state index in [-0.39, 0.29) is 29.4 Å². The van der Waals surface area contributed by atoms with Crippen molar-refractivity contribution in [2.45, 2.75) is 45.3 Å². The molecule has 2 atom stereocenters. The molecule has 0 saturated carbocycles. The molecule has 3 fully saturated rings. The first kappa shape index (κ1) is 24.3. The lowest BCUT2D eigenvalue weighted by molar-refractivity contribution is -0.938. The van der Waals surface area contributed by atoms with E-state index in [1.165, 1.54) is 24.3 Å². The number of rotatable bonds is 9. The summed E-state index contributed by atoms with van der Waals surface area (Å²) in [4.78, 5) is 30.4. The third-order valence-corrected chi connectivity index (χ3v) is 7.02. The number of ketones is 1. The van der Waals surface area contributed by atoms with Gasteiger partial charge in [0.05, 0.1) is 18.1 Å². The van der Waals surface area contributed by atoms with Crippen LogP contribution in [0.4, 0.5) is 4.39 Å². The number of nitrogens with zero attached hydrogens (tertiary/aromatic N) is 2. The van der Waals surface area contributed by atoms with Crippen LogP contribution in [0.15, 0.2) is 48.0 Å². The Hall–Kier alpha value is -2.31. The molecule has 0 spiro atoms. The molecule has 32 heavy (non-hydrogen) atoms. The first-order valence-corrected chi connectivity index (χ1v) is 11.4. The average molecular weight is 462 g/mol. The highest BCUT2D eigenvalue weighted by Gasteiger charge is 2.49. The second-order valence-corrected chi connectivity index (χ2v) is 9.30. The minimum atomic E-state index is -0.792. The van der Waals surface area contributed by atoms with Gasteiger partial charge in [-0.25, -0.2) is 9.18 Å². The summed E-state index contributed by atoms with van der Waals surface area (Å²) in [6, 6.07) is 3.27. The average Bonchev–Trinajstić information content (AvgIpc) is 2.78. The van der Waals surface area contributed by atoms with Crippen LogP contribution in [0.1, 0.15) is 43.5 Å². The van der Waals surface area contributed by atoms with E-state index in [0.717, 1.165) is 38.1 Å². The molecular formula is C25H31ClFN2O3+. The summed E-state index contributed by atoms with van der Waals surface area (Å²) < 4.78 is 20.0. The number of quaternary nitrogens is 1. The van der Waals surface area contributed by atoms with Crippen molar-refractivity contribution in [2.24, 2.45) is 10.9 Å². The number of aliphatic imine (C=N–C) groups is 1. The van der Waals surface area contributed by atoms with Crippen LogP contribution in [0, 0.1) is 11.7 Å². The Balaban J connectivity index is 1.72. The zero-order valence-corrected chi connectivity index (χ0v) is 19.5. The minimum Gasteiger partial charge on any atom is -0.454 e. The normalized spacial score (nSPS) is 25.8. The molecule has 5 nitrogen and oxygen atoms in total. The van der Waals surface area contributed by atoms with E-state index in [9.17, 15) is 14.0 Å². The summed E-state index contributed by atoms with van der Waals surface area (Å²) in [5, 5.41) is -0.0589. The van der Waals surface area contributed by atoms with Gasteiger partial charge in [-0.3, -0.25) is 9.79 Å². The second-order valence-electron chi connectivity index (χ2n) is 8.89. The summed E-state index contributed by atoms with van der Waals surface area (Å²) in [7, 11) is 0. The highest BCUT2D eigenvalue weighted by Crippen LogP contribution is 2.36. The van der Waals surface area contributed by atoms with Crippen molar-refractivity contribution in [3.05, 3.63) is 59.4 Å². The molecule has 1 aromatic carbocycles. The smallest absolute Gasteiger partial charge is 0.335 e. The Morgan fingerprint density at radius 3 is 2.66 bits per heavy atom. The number of carbonyl (C=O) groups is 2. The quantitative estimate of drug-likeness (QED) is 0.174. The molecule has 3 aliphatic heterocycles. The fourth-order valence-corrected chi connectivity index (χ4v) is 4.75. The predicted octanol–water partition coefficient (Wildman–Crippen LogP) is 4.80. The summed E-state index contributed by atoms with van der Waals surface area (Å²) >= 11 is 5.86. The Kier molecular flexibility index (Phi) is 7.67. The lowest BCUT2D eigenvalue weighted by atomic mass is 9.82. The standard InChI is InChI=1S/C25H31ClFN2O3/c1-5-16(3)24(28-17(4)6-2)25(31)32-23-15-29(11-9-18(23)10-12-29)14-22(30)19-7-8-21(27)20(26)13-19/h5,7-8,13,18,23-24H,1,3,6,9-12,14-15H2,2,4H3/q+1. The van der Waals surface area contributed by atoms with Crippen LogP contribution >= 0.6 is 11.6 Å². The van der Waals surface area contributed by atoms with E-state index in [0.29, 0.717) is 22.2 Å². The first-order chi connectivity index (χ1) is 15.2. The fraction of sp³-hybridized carbons (Fsp3) is 0.480. The van der Waals surface area contributed by atoms with Crippen molar-refractivity contribution in [2.75, 3.05) is 26.2 Å². The number of Topliss-reactive ketones (excluding diaryl/α,β-unsaturated/α-hetero) is 1. The lowest BCUT2D eigenvalue weighted by Gasteiger charge is -2.51. The Morgan fingerprint density at radius 1 is 1.38 bits per heavy atom. The number of fused-ring (bicyclic) bond motifs is 3. The van der Waals surface area contributed by atoms with Crippen molar-refractivity contribution in [1.82, 2.24) is 0 Å². The fourth-order valence-electron chi connectivity index (χ4n) is 4.57. The minimum absolute atomic E-state index is 0.0589. The van der Waals surface area contributed by atoms with Crippen LogP contribution in [-0.2, 0) is 9.53 Å². The number of esters is 1. The van der Waals surface area contributed by atoms with Gasteiger partial charge in [0.15, 0.2) is 12.1 Å². The molecule has 0 amide bonds. The van der Waals surface area contributed by atoms with Gasteiger partial charge in [-0.1, -0.05) is 37.8 Å². The monoisotopic (exact) mass is 461 g/mol. The SMILES string of the molecule is C=CC(=C)C(N=C(C)CC)C(=O)OC1C[N+]2(CC(=O)c3ccc(F)c(Cl)c3)CCC1CC2. The number of hydrogen-bond acceptors (Lipinski definition) is 4. The molecule has 0 aromatic heterocycles. The van der Waals surface area contributed by atoms with Gasteiger partial charge in [-0.2, -0.15) is 0 Å².